The van der Waals surface area contributed by atoms with Gasteiger partial charge in [-0.15, -0.1) is 10.2 Å². The second-order valence-corrected chi connectivity index (χ2v) is 5.29. The fourth-order valence-corrected chi connectivity index (χ4v) is 2.20. The van der Waals surface area contributed by atoms with E-state index in [9.17, 15) is 4.79 Å². The van der Waals surface area contributed by atoms with Crippen molar-refractivity contribution in [3.8, 4) is 11.8 Å². The normalized spacial score (nSPS) is 11.6. The Morgan fingerprint density at radius 1 is 1.38 bits per heavy atom. The number of ether oxygens (including phenoxy) is 2. The first-order valence-electron chi connectivity index (χ1n) is 7.78. The predicted octanol–water partition coefficient (Wildman–Crippen LogP) is 2.38. The maximum Gasteiger partial charge on any atom is 0.347 e. The van der Waals surface area contributed by atoms with Crippen molar-refractivity contribution in [3.63, 3.8) is 0 Å². The summed E-state index contributed by atoms with van der Waals surface area (Å²) in [5.41, 5.74) is 0.371. The standard InChI is InChI=1S/C17H20N4O3/c1-4-9-21-13(3)19-20-16(21)11-23-17(22)12(2)24-15-8-6-5-7-14(15)10-18/h5-8,12H,4,9,11H2,1-3H3/t12-/m1/s1. The summed E-state index contributed by atoms with van der Waals surface area (Å²) in [6.07, 6.45) is 0.104. The summed E-state index contributed by atoms with van der Waals surface area (Å²) in [5.74, 6) is 1.23. The molecule has 0 bridgehead atoms. The van der Waals surface area contributed by atoms with Gasteiger partial charge in [0.2, 0.25) is 0 Å². The zero-order valence-corrected chi connectivity index (χ0v) is 14.0. The van der Waals surface area contributed by atoms with Crippen LogP contribution in [0.5, 0.6) is 5.75 Å². The van der Waals surface area contributed by atoms with Crippen molar-refractivity contribution in [1.29, 1.82) is 5.26 Å². The van der Waals surface area contributed by atoms with Gasteiger partial charge in [-0.25, -0.2) is 4.79 Å². The van der Waals surface area contributed by atoms with Gasteiger partial charge in [0.15, 0.2) is 18.5 Å². The molecule has 0 spiro atoms. The Labute approximate surface area is 140 Å². The number of rotatable bonds is 7. The lowest BCUT2D eigenvalue weighted by atomic mass is 10.2. The van der Waals surface area contributed by atoms with E-state index in [0.717, 1.165) is 18.8 Å². The molecule has 0 saturated carbocycles. The van der Waals surface area contributed by atoms with Crippen LogP contribution in [-0.2, 0) is 22.7 Å². The molecular weight excluding hydrogens is 308 g/mol. The van der Waals surface area contributed by atoms with E-state index in [-0.39, 0.29) is 6.61 Å². The van der Waals surface area contributed by atoms with Gasteiger partial charge in [0.25, 0.3) is 0 Å². The number of hydrogen-bond acceptors (Lipinski definition) is 6. The molecule has 0 unspecified atom stereocenters. The van der Waals surface area contributed by atoms with E-state index in [1.54, 1.807) is 31.2 Å². The van der Waals surface area contributed by atoms with E-state index >= 15 is 0 Å². The smallest absolute Gasteiger partial charge is 0.347 e. The minimum absolute atomic E-state index is 0.0350. The minimum atomic E-state index is -0.830. The molecule has 0 aliphatic carbocycles. The second-order valence-electron chi connectivity index (χ2n) is 5.29. The molecule has 0 radical (unpaired) electrons. The molecular formula is C17H20N4O3. The number of aryl methyl sites for hydroxylation is 1. The molecule has 24 heavy (non-hydrogen) atoms. The molecule has 126 valence electrons. The Morgan fingerprint density at radius 2 is 2.12 bits per heavy atom. The molecule has 7 heteroatoms. The van der Waals surface area contributed by atoms with Gasteiger partial charge in [-0.1, -0.05) is 19.1 Å². The molecule has 2 rings (SSSR count). The minimum Gasteiger partial charge on any atom is -0.478 e. The molecule has 0 N–H and O–H groups in total. The Kier molecular flexibility index (Phi) is 5.90. The van der Waals surface area contributed by atoms with Crippen LogP contribution in [0.2, 0.25) is 0 Å². The average molecular weight is 328 g/mol. The van der Waals surface area contributed by atoms with Gasteiger partial charge in [0.05, 0.1) is 5.56 Å². The van der Waals surface area contributed by atoms with Crippen molar-refractivity contribution in [1.82, 2.24) is 14.8 Å². The first-order valence-corrected chi connectivity index (χ1v) is 7.78. The summed E-state index contributed by atoms with van der Waals surface area (Å²) < 4.78 is 12.7. The van der Waals surface area contributed by atoms with E-state index < -0.39 is 12.1 Å². The van der Waals surface area contributed by atoms with Crippen molar-refractivity contribution in [3.05, 3.63) is 41.5 Å². The van der Waals surface area contributed by atoms with Crippen LogP contribution in [0.3, 0.4) is 0 Å². The van der Waals surface area contributed by atoms with Crippen molar-refractivity contribution < 1.29 is 14.3 Å². The molecule has 0 aliphatic rings. The number of benzene rings is 1. The zero-order valence-electron chi connectivity index (χ0n) is 14.0. The molecule has 1 atom stereocenters. The maximum atomic E-state index is 12.1. The Hall–Kier alpha value is -2.88. The first kappa shape index (κ1) is 17.5. The SMILES string of the molecule is CCCn1c(C)nnc1COC(=O)[C@@H](C)Oc1ccccc1C#N. The number of nitriles is 1. The molecule has 1 heterocycles. The highest BCUT2D eigenvalue weighted by atomic mass is 16.6. The van der Waals surface area contributed by atoms with Crippen LogP contribution in [-0.4, -0.2) is 26.8 Å². The van der Waals surface area contributed by atoms with Crippen LogP contribution in [0.4, 0.5) is 0 Å². The van der Waals surface area contributed by atoms with Crippen LogP contribution in [0.1, 0.15) is 37.5 Å². The Bertz CT molecular complexity index is 749. The molecule has 1 aromatic carbocycles. The third-order valence-corrected chi connectivity index (χ3v) is 3.45. The lowest BCUT2D eigenvalue weighted by Crippen LogP contribution is -2.26. The summed E-state index contributed by atoms with van der Waals surface area (Å²) in [6, 6.07) is 8.77. The molecule has 0 fully saturated rings. The van der Waals surface area contributed by atoms with Crippen molar-refractivity contribution in [2.45, 2.75) is 46.4 Å². The molecule has 2 aromatic rings. The summed E-state index contributed by atoms with van der Waals surface area (Å²) in [5, 5.41) is 17.1. The lowest BCUT2D eigenvalue weighted by Gasteiger charge is -2.15. The van der Waals surface area contributed by atoms with Gasteiger partial charge in [-0.3, -0.25) is 0 Å². The largest absolute Gasteiger partial charge is 0.478 e. The molecule has 0 aliphatic heterocycles. The van der Waals surface area contributed by atoms with E-state index in [4.69, 9.17) is 14.7 Å². The van der Waals surface area contributed by atoms with Crippen LogP contribution >= 0.6 is 0 Å². The topological polar surface area (TPSA) is 90.0 Å². The van der Waals surface area contributed by atoms with Gasteiger partial charge in [-0.2, -0.15) is 5.26 Å². The lowest BCUT2D eigenvalue weighted by molar-refractivity contribution is -0.152. The van der Waals surface area contributed by atoms with E-state index in [1.807, 2.05) is 17.6 Å². The number of esters is 1. The van der Waals surface area contributed by atoms with Crippen LogP contribution in [0.25, 0.3) is 0 Å². The summed E-state index contributed by atoms with van der Waals surface area (Å²) in [4.78, 5) is 12.1. The highest BCUT2D eigenvalue weighted by Gasteiger charge is 2.19. The molecule has 7 nitrogen and oxygen atoms in total. The van der Waals surface area contributed by atoms with E-state index in [2.05, 4.69) is 17.1 Å². The highest BCUT2D eigenvalue weighted by Crippen LogP contribution is 2.18. The average Bonchev–Trinajstić information content (AvgIpc) is 2.93. The third kappa shape index (κ3) is 4.10. The Balaban J connectivity index is 1.96. The third-order valence-electron chi connectivity index (χ3n) is 3.45. The van der Waals surface area contributed by atoms with Crippen molar-refractivity contribution >= 4 is 5.97 Å². The Morgan fingerprint density at radius 3 is 2.83 bits per heavy atom. The highest BCUT2D eigenvalue weighted by molar-refractivity contribution is 5.74. The number of para-hydroxylation sites is 1. The fraction of sp³-hybridized carbons (Fsp3) is 0.412. The zero-order chi connectivity index (χ0) is 17.5. The molecule has 0 saturated heterocycles. The van der Waals surface area contributed by atoms with Crippen LogP contribution in [0.15, 0.2) is 24.3 Å². The van der Waals surface area contributed by atoms with E-state index in [1.165, 1.54) is 0 Å². The number of carbonyl (C=O) groups is 1. The summed E-state index contributed by atoms with van der Waals surface area (Å²) in [6.45, 7) is 6.30. The summed E-state index contributed by atoms with van der Waals surface area (Å²) >= 11 is 0. The monoisotopic (exact) mass is 328 g/mol. The number of aromatic nitrogens is 3. The summed E-state index contributed by atoms with van der Waals surface area (Å²) in [7, 11) is 0. The van der Waals surface area contributed by atoms with Gasteiger partial charge in [-0.05, 0) is 32.4 Å². The predicted molar refractivity (Wildman–Crippen MR) is 86.1 cm³/mol. The van der Waals surface area contributed by atoms with Crippen molar-refractivity contribution in [2.75, 3.05) is 0 Å². The molecule has 0 amide bonds. The van der Waals surface area contributed by atoms with Gasteiger partial charge >= 0.3 is 5.97 Å². The van der Waals surface area contributed by atoms with Gasteiger partial charge in [0, 0.05) is 6.54 Å². The fourth-order valence-electron chi connectivity index (χ4n) is 2.20. The van der Waals surface area contributed by atoms with E-state index in [0.29, 0.717) is 17.1 Å². The van der Waals surface area contributed by atoms with Crippen molar-refractivity contribution in [2.24, 2.45) is 0 Å². The van der Waals surface area contributed by atoms with Crippen LogP contribution in [0, 0.1) is 18.3 Å². The van der Waals surface area contributed by atoms with Gasteiger partial charge in [0.1, 0.15) is 17.6 Å². The molecule has 1 aromatic heterocycles. The second kappa shape index (κ2) is 8.11. The number of hydrogen-bond donors (Lipinski definition) is 0. The quantitative estimate of drug-likeness (QED) is 0.725. The number of nitrogens with zero attached hydrogens (tertiary/aromatic N) is 4. The van der Waals surface area contributed by atoms with Crippen LogP contribution < -0.4 is 4.74 Å². The van der Waals surface area contributed by atoms with Gasteiger partial charge < -0.3 is 14.0 Å². The first-order chi connectivity index (χ1) is 11.6. The number of carbonyl (C=O) groups excluding carboxylic acids is 1. The maximum absolute atomic E-state index is 12.1.